The van der Waals surface area contributed by atoms with Crippen molar-refractivity contribution in [2.24, 2.45) is 0 Å². The highest BCUT2D eigenvalue weighted by molar-refractivity contribution is 5.97. The first-order valence-electron chi connectivity index (χ1n) is 13.3. The van der Waals surface area contributed by atoms with E-state index in [0.717, 1.165) is 62.4 Å². The molecule has 9 heteroatoms. The molecule has 1 aliphatic heterocycles. The summed E-state index contributed by atoms with van der Waals surface area (Å²) >= 11 is 0. The third-order valence-electron chi connectivity index (χ3n) is 7.39. The number of anilines is 1. The summed E-state index contributed by atoms with van der Waals surface area (Å²) < 4.78 is 5.60. The number of carbonyl (C=O) groups excluding carboxylic acids is 1. The number of nitrogens with zero attached hydrogens (tertiary/aromatic N) is 3. The van der Waals surface area contributed by atoms with Gasteiger partial charge in [-0.05, 0) is 36.2 Å². The lowest BCUT2D eigenvalue weighted by atomic mass is 9.99. The van der Waals surface area contributed by atoms with Crippen molar-refractivity contribution in [1.82, 2.24) is 25.1 Å². The van der Waals surface area contributed by atoms with Crippen molar-refractivity contribution in [2.75, 3.05) is 39.6 Å². The fourth-order valence-electron chi connectivity index (χ4n) is 5.23. The van der Waals surface area contributed by atoms with Crippen LogP contribution in [-0.2, 0) is 4.79 Å². The maximum Gasteiger partial charge on any atom is 0.217 e. The molecule has 0 radical (unpaired) electrons. The van der Waals surface area contributed by atoms with E-state index >= 15 is 0 Å². The maximum absolute atomic E-state index is 11.4. The number of aromatic nitrogens is 2. The second-order valence-electron chi connectivity index (χ2n) is 10.3. The van der Waals surface area contributed by atoms with E-state index in [1.165, 1.54) is 6.92 Å². The number of hydrogen-bond acceptors (Lipinski definition) is 7. The molecule has 4 aromatic rings. The molecule has 3 heterocycles. The van der Waals surface area contributed by atoms with Gasteiger partial charge in [-0.2, -0.15) is 0 Å². The number of aliphatic hydroxyl groups is 1. The summed E-state index contributed by atoms with van der Waals surface area (Å²) in [5.41, 5.74) is 7.19. The third-order valence-corrected chi connectivity index (χ3v) is 7.39. The first-order chi connectivity index (χ1) is 19.2. The number of aliphatic hydroxyl groups excluding tert-OH is 1. The molecule has 2 atom stereocenters. The fraction of sp³-hybridized carbons (Fsp3) is 0.290. The highest BCUT2D eigenvalue weighted by atomic mass is 16.5. The number of H-pyrrole nitrogens is 1. The van der Waals surface area contributed by atoms with E-state index < -0.39 is 6.35 Å². The minimum Gasteiger partial charge on any atom is -0.496 e. The molecule has 2 aromatic heterocycles. The molecular weight excluding hydrogens is 504 g/mol. The van der Waals surface area contributed by atoms with Gasteiger partial charge in [0.15, 0.2) is 6.35 Å². The number of carbonyl (C=O) groups is 1. The van der Waals surface area contributed by atoms with Crippen molar-refractivity contribution < 1.29 is 14.6 Å². The first kappa shape index (κ1) is 27.2. The number of aromatic amines is 1. The minimum atomic E-state index is -0.903. The number of para-hydroxylation sites is 1. The van der Waals surface area contributed by atoms with Gasteiger partial charge in [-0.1, -0.05) is 30.8 Å². The van der Waals surface area contributed by atoms with Gasteiger partial charge in [-0.3, -0.25) is 9.69 Å². The smallest absolute Gasteiger partial charge is 0.217 e. The number of fused-ring (bicyclic) bond motifs is 1. The molecule has 0 aliphatic carbocycles. The van der Waals surface area contributed by atoms with Crippen LogP contribution < -0.4 is 15.4 Å². The van der Waals surface area contributed by atoms with E-state index in [1.54, 1.807) is 7.11 Å². The van der Waals surface area contributed by atoms with Crippen LogP contribution in [0.15, 0.2) is 67.5 Å². The summed E-state index contributed by atoms with van der Waals surface area (Å²) in [6.45, 7) is 7.06. The molecule has 1 fully saturated rings. The van der Waals surface area contributed by atoms with Crippen molar-refractivity contribution in [3.8, 4) is 28.0 Å². The number of pyridine rings is 1. The molecule has 1 aliphatic rings. The first-order valence-corrected chi connectivity index (χ1v) is 13.3. The highest BCUT2D eigenvalue weighted by Gasteiger charge is 2.28. The van der Waals surface area contributed by atoms with E-state index in [4.69, 9.17) is 9.72 Å². The topological polar surface area (TPSA) is 106 Å². The van der Waals surface area contributed by atoms with Gasteiger partial charge in [-0.15, -0.1) is 0 Å². The summed E-state index contributed by atoms with van der Waals surface area (Å²) in [4.78, 5) is 23.3. The lowest BCUT2D eigenvalue weighted by Crippen LogP contribution is -2.42. The molecule has 5 rings (SSSR count). The van der Waals surface area contributed by atoms with E-state index in [1.807, 2.05) is 72.7 Å². The minimum absolute atomic E-state index is 0.0316. The molecule has 9 nitrogen and oxygen atoms in total. The van der Waals surface area contributed by atoms with Crippen molar-refractivity contribution in [3.63, 3.8) is 0 Å². The Morgan fingerprint density at radius 1 is 1.20 bits per heavy atom. The van der Waals surface area contributed by atoms with Crippen LogP contribution in [0.1, 0.15) is 18.9 Å². The molecule has 0 saturated carbocycles. The average Bonchev–Trinajstić information content (AvgIpc) is 3.59. The lowest BCUT2D eigenvalue weighted by Gasteiger charge is -2.27. The molecule has 0 spiro atoms. The monoisotopic (exact) mass is 540 g/mol. The van der Waals surface area contributed by atoms with Crippen LogP contribution in [0.3, 0.4) is 0 Å². The zero-order valence-electron chi connectivity index (χ0n) is 23.4. The van der Waals surface area contributed by atoms with Crippen LogP contribution >= 0.6 is 0 Å². The molecule has 2 unspecified atom stereocenters. The van der Waals surface area contributed by atoms with Gasteiger partial charge in [0.2, 0.25) is 5.91 Å². The predicted octanol–water partition coefficient (Wildman–Crippen LogP) is 4.34. The van der Waals surface area contributed by atoms with Crippen LogP contribution in [0.25, 0.3) is 39.0 Å². The number of methoxy groups -OCH3 is 1. The van der Waals surface area contributed by atoms with E-state index in [-0.39, 0.29) is 11.9 Å². The largest absolute Gasteiger partial charge is 0.496 e. The van der Waals surface area contributed by atoms with Gasteiger partial charge in [0, 0.05) is 91.6 Å². The molecule has 1 saturated heterocycles. The number of amides is 1. The second-order valence-corrected chi connectivity index (χ2v) is 10.3. The number of rotatable bonds is 9. The standard InChI is InChI=1S/C31H36N6O3/c1-19(36(3)4)25-14-21(10-11-28(25)35-31(39)37-13-12-23(18-37)34-20(2)38)22-15-26-27(17-33-30(26)32-16-22)24-8-6-7-9-29(24)40-5/h6-11,14-17,23,31,35,39H,1,12-13,18H2,2-5H3,(H,32,33)(H,34,38). The summed E-state index contributed by atoms with van der Waals surface area (Å²) in [6, 6.07) is 16.2. The fourth-order valence-corrected chi connectivity index (χ4v) is 5.23. The predicted molar refractivity (Wildman–Crippen MR) is 160 cm³/mol. The van der Waals surface area contributed by atoms with Crippen molar-refractivity contribution in [1.29, 1.82) is 0 Å². The molecule has 208 valence electrons. The number of ether oxygens (including phenoxy) is 1. The summed E-state index contributed by atoms with van der Waals surface area (Å²) in [5, 5.41) is 18.2. The normalized spacial score (nSPS) is 16.1. The summed E-state index contributed by atoms with van der Waals surface area (Å²) in [7, 11) is 5.56. The summed E-state index contributed by atoms with van der Waals surface area (Å²) in [5.74, 6) is 0.741. The molecule has 1 amide bonds. The van der Waals surface area contributed by atoms with Crippen LogP contribution in [0.4, 0.5) is 5.69 Å². The zero-order valence-corrected chi connectivity index (χ0v) is 23.4. The Hall–Kier alpha value is -4.34. The van der Waals surface area contributed by atoms with E-state index in [2.05, 4.69) is 34.3 Å². The molecule has 2 aromatic carbocycles. The van der Waals surface area contributed by atoms with Crippen LogP contribution in [0, 0.1) is 0 Å². The molecule has 4 N–H and O–H groups in total. The SMILES string of the molecule is C=C(c1cc(-c2cnc3[nH]cc(-c4ccccc4OC)c3c2)ccc1NC(O)N1CCC(NC(C)=O)C1)N(C)C. The van der Waals surface area contributed by atoms with Crippen molar-refractivity contribution in [3.05, 3.63) is 73.1 Å². The van der Waals surface area contributed by atoms with E-state index in [0.29, 0.717) is 13.1 Å². The highest BCUT2D eigenvalue weighted by Crippen LogP contribution is 2.37. The number of likely N-dealkylation sites (tertiary alicyclic amines) is 1. The Balaban J connectivity index is 1.47. The molecule has 0 bridgehead atoms. The molecule has 40 heavy (non-hydrogen) atoms. The van der Waals surface area contributed by atoms with Gasteiger partial charge < -0.3 is 30.4 Å². The van der Waals surface area contributed by atoms with Gasteiger partial charge in [0.05, 0.1) is 7.11 Å². The van der Waals surface area contributed by atoms with E-state index in [9.17, 15) is 9.90 Å². The Morgan fingerprint density at radius 2 is 2.00 bits per heavy atom. The lowest BCUT2D eigenvalue weighted by molar-refractivity contribution is -0.119. The van der Waals surface area contributed by atoms with Crippen LogP contribution in [0.2, 0.25) is 0 Å². The van der Waals surface area contributed by atoms with Crippen molar-refractivity contribution in [2.45, 2.75) is 25.7 Å². The molecular formula is C31H36N6O3. The average molecular weight is 541 g/mol. The van der Waals surface area contributed by atoms with Gasteiger partial charge in [-0.25, -0.2) is 4.98 Å². The second kappa shape index (κ2) is 11.4. The quantitative estimate of drug-likeness (QED) is 0.234. The van der Waals surface area contributed by atoms with Gasteiger partial charge in [0.25, 0.3) is 0 Å². The third kappa shape index (κ3) is 5.52. The number of nitrogens with one attached hydrogen (secondary N) is 3. The summed E-state index contributed by atoms with van der Waals surface area (Å²) in [6.07, 6.45) is 3.71. The Bertz CT molecular complexity index is 1550. The van der Waals surface area contributed by atoms with Crippen molar-refractivity contribution >= 4 is 28.3 Å². The van der Waals surface area contributed by atoms with Crippen LogP contribution in [-0.4, -0.2) is 77.5 Å². The Morgan fingerprint density at radius 3 is 2.75 bits per heavy atom. The Labute approximate surface area is 234 Å². The van der Waals surface area contributed by atoms with Gasteiger partial charge >= 0.3 is 0 Å². The zero-order chi connectivity index (χ0) is 28.4. The Kier molecular flexibility index (Phi) is 7.77. The maximum atomic E-state index is 11.4. The van der Waals surface area contributed by atoms with Gasteiger partial charge in [0.1, 0.15) is 11.4 Å². The number of hydrogen-bond donors (Lipinski definition) is 4. The van der Waals surface area contributed by atoms with Crippen LogP contribution in [0.5, 0.6) is 5.75 Å². The number of benzene rings is 2.